The third-order valence-corrected chi connectivity index (χ3v) is 5.73. The van der Waals surface area contributed by atoms with Crippen molar-refractivity contribution in [3.63, 3.8) is 0 Å². The number of carbonyl (C=O) groups is 1. The zero-order valence-electron chi connectivity index (χ0n) is 18.3. The summed E-state index contributed by atoms with van der Waals surface area (Å²) in [4.78, 5) is 31.3. The summed E-state index contributed by atoms with van der Waals surface area (Å²) in [6, 6.07) is 9.26. The van der Waals surface area contributed by atoms with E-state index in [9.17, 15) is 9.59 Å². The van der Waals surface area contributed by atoms with Gasteiger partial charge in [0.15, 0.2) is 16.9 Å². The third-order valence-electron chi connectivity index (χ3n) is 5.73. The van der Waals surface area contributed by atoms with Crippen LogP contribution in [0.1, 0.15) is 22.4 Å². The Morgan fingerprint density at radius 1 is 1.13 bits per heavy atom. The standard InChI is InChI=1S/C24H27N3O4/c1-14-9-15(2)23-17(10-14)24(29)18-12-27(8-7-19(18)26-23)13-22(28)25-16-5-6-20(30-3)21(11-16)31-4/h5-6,9-11H,7-8,12-13H2,1-4H3,(H,25,28)(H,26,29). The van der Waals surface area contributed by atoms with Crippen LogP contribution in [-0.2, 0) is 17.8 Å². The first-order valence-electron chi connectivity index (χ1n) is 10.3. The molecule has 31 heavy (non-hydrogen) atoms. The van der Waals surface area contributed by atoms with Crippen LogP contribution in [-0.4, -0.2) is 43.1 Å². The van der Waals surface area contributed by atoms with Gasteiger partial charge in [-0.15, -0.1) is 0 Å². The number of hydrogen-bond donors (Lipinski definition) is 2. The van der Waals surface area contributed by atoms with Crippen molar-refractivity contribution in [3.05, 3.63) is 62.9 Å². The van der Waals surface area contributed by atoms with E-state index in [2.05, 4.69) is 16.4 Å². The zero-order chi connectivity index (χ0) is 22.1. The first-order chi connectivity index (χ1) is 14.9. The second kappa shape index (κ2) is 8.43. The van der Waals surface area contributed by atoms with Crippen molar-refractivity contribution < 1.29 is 14.3 Å². The van der Waals surface area contributed by atoms with Crippen LogP contribution in [0, 0.1) is 13.8 Å². The average Bonchev–Trinajstić information content (AvgIpc) is 2.75. The second-order valence-corrected chi connectivity index (χ2v) is 7.99. The number of methoxy groups -OCH3 is 2. The van der Waals surface area contributed by atoms with Gasteiger partial charge in [-0.05, 0) is 43.2 Å². The van der Waals surface area contributed by atoms with E-state index in [1.54, 1.807) is 32.4 Å². The van der Waals surface area contributed by atoms with Crippen LogP contribution in [0.2, 0.25) is 0 Å². The predicted octanol–water partition coefficient (Wildman–Crippen LogP) is 3.16. The molecule has 0 unspecified atom stereocenters. The highest BCUT2D eigenvalue weighted by atomic mass is 16.5. The fourth-order valence-corrected chi connectivity index (χ4v) is 4.24. The number of aromatic amines is 1. The minimum atomic E-state index is -0.139. The number of rotatable bonds is 5. The van der Waals surface area contributed by atoms with Gasteiger partial charge in [0, 0.05) is 47.9 Å². The van der Waals surface area contributed by atoms with E-state index in [1.807, 2.05) is 24.8 Å². The Morgan fingerprint density at radius 2 is 1.90 bits per heavy atom. The number of H-pyrrole nitrogens is 1. The molecule has 0 fully saturated rings. The molecular formula is C24H27N3O4. The summed E-state index contributed by atoms with van der Waals surface area (Å²) in [5, 5.41) is 3.61. The van der Waals surface area contributed by atoms with Crippen molar-refractivity contribution in [1.29, 1.82) is 0 Å². The van der Waals surface area contributed by atoms with Crippen molar-refractivity contribution in [2.24, 2.45) is 0 Å². The second-order valence-electron chi connectivity index (χ2n) is 7.99. The van der Waals surface area contributed by atoms with Crippen LogP contribution in [0.15, 0.2) is 35.1 Å². The number of anilines is 1. The Balaban J connectivity index is 1.51. The molecule has 162 valence electrons. The maximum atomic E-state index is 13.2. The minimum Gasteiger partial charge on any atom is -0.493 e. The monoisotopic (exact) mass is 421 g/mol. The van der Waals surface area contributed by atoms with E-state index in [0.717, 1.165) is 27.9 Å². The molecule has 7 nitrogen and oxygen atoms in total. The average molecular weight is 421 g/mol. The summed E-state index contributed by atoms with van der Waals surface area (Å²) in [6.07, 6.45) is 0.706. The van der Waals surface area contributed by atoms with Gasteiger partial charge in [-0.1, -0.05) is 6.07 Å². The largest absolute Gasteiger partial charge is 0.493 e. The fraction of sp³-hybridized carbons (Fsp3) is 0.333. The highest BCUT2D eigenvalue weighted by Gasteiger charge is 2.23. The number of hydrogen-bond acceptors (Lipinski definition) is 5. The Bertz CT molecular complexity index is 1220. The van der Waals surface area contributed by atoms with Crippen molar-refractivity contribution in [2.45, 2.75) is 26.8 Å². The molecule has 1 aliphatic rings. The number of pyridine rings is 1. The van der Waals surface area contributed by atoms with Crippen LogP contribution >= 0.6 is 0 Å². The van der Waals surface area contributed by atoms with Gasteiger partial charge in [0.1, 0.15) is 0 Å². The summed E-state index contributed by atoms with van der Waals surface area (Å²) in [6.45, 7) is 5.38. The van der Waals surface area contributed by atoms with Gasteiger partial charge in [-0.2, -0.15) is 0 Å². The van der Waals surface area contributed by atoms with Gasteiger partial charge in [0.2, 0.25) is 5.91 Å². The molecule has 7 heteroatoms. The van der Waals surface area contributed by atoms with Crippen molar-refractivity contribution >= 4 is 22.5 Å². The summed E-state index contributed by atoms with van der Waals surface area (Å²) in [5.41, 5.74) is 5.47. The molecule has 2 N–H and O–H groups in total. The normalized spacial score (nSPS) is 13.7. The molecule has 0 spiro atoms. The van der Waals surface area contributed by atoms with Crippen molar-refractivity contribution in [3.8, 4) is 11.5 Å². The number of nitrogens with zero attached hydrogens (tertiary/aromatic N) is 1. The molecular weight excluding hydrogens is 394 g/mol. The highest BCUT2D eigenvalue weighted by Crippen LogP contribution is 2.29. The molecule has 0 radical (unpaired) electrons. The number of nitrogens with one attached hydrogen (secondary N) is 2. The molecule has 4 rings (SSSR count). The van der Waals surface area contributed by atoms with E-state index in [0.29, 0.717) is 42.1 Å². The lowest BCUT2D eigenvalue weighted by Gasteiger charge is -2.28. The summed E-state index contributed by atoms with van der Waals surface area (Å²) < 4.78 is 10.5. The lowest BCUT2D eigenvalue weighted by Crippen LogP contribution is -2.39. The maximum Gasteiger partial charge on any atom is 0.238 e. The minimum absolute atomic E-state index is 0.0561. The Labute approximate surface area is 181 Å². The quantitative estimate of drug-likeness (QED) is 0.661. The van der Waals surface area contributed by atoms with Gasteiger partial charge >= 0.3 is 0 Å². The van der Waals surface area contributed by atoms with Crippen molar-refractivity contribution in [1.82, 2.24) is 9.88 Å². The molecule has 1 amide bonds. The first-order valence-corrected chi connectivity index (χ1v) is 10.3. The number of aromatic nitrogens is 1. The van der Waals surface area contributed by atoms with Crippen LogP contribution in [0.4, 0.5) is 5.69 Å². The third kappa shape index (κ3) is 4.14. The Hall–Kier alpha value is -3.32. The lowest BCUT2D eigenvalue weighted by atomic mass is 9.99. The number of amides is 1. The Morgan fingerprint density at radius 3 is 2.65 bits per heavy atom. The van der Waals surface area contributed by atoms with Gasteiger partial charge in [-0.25, -0.2) is 0 Å². The Kier molecular flexibility index (Phi) is 5.69. The topological polar surface area (TPSA) is 83.7 Å². The molecule has 0 saturated carbocycles. The molecule has 1 aliphatic heterocycles. The SMILES string of the molecule is COc1ccc(NC(=O)CN2CCc3[nH]c4c(C)cc(C)cc4c(=O)c3C2)cc1OC. The van der Waals surface area contributed by atoms with E-state index in [4.69, 9.17) is 9.47 Å². The smallest absolute Gasteiger partial charge is 0.238 e. The van der Waals surface area contributed by atoms with Gasteiger partial charge in [-0.3, -0.25) is 14.5 Å². The number of ether oxygens (including phenoxy) is 2. The van der Waals surface area contributed by atoms with Gasteiger partial charge < -0.3 is 19.8 Å². The summed E-state index contributed by atoms with van der Waals surface area (Å²) in [5.74, 6) is 1.01. The highest BCUT2D eigenvalue weighted by molar-refractivity contribution is 5.92. The summed E-state index contributed by atoms with van der Waals surface area (Å²) >= 11 is 0. The molecule has 0 atom stereocenters. The molecule has 1 aromatic heterocycles. The molecule has 2 aromatic carbocycles. The molecule has 2 heterocycles. The fourth-order valence-electron chi connectivity index (χ4n) is 4.24. The van der Waals surface area contributed by atoms with E-state index in [-0.39, 0.29) is 17.9 Å². The molecule has 0 saturated heterocycles. The van der Waals surface area contributed by atoms with E-state index < -0.39 is 0 Å². The number of fused-ring (bicyclic) bond motifs is 2. The predicted molar refractivity (Wildman–Crippen MR) is 121 cm³/mol. The van der Waals surface area contributed by atoms with Crippen molar-refractivity contribution in [2.75, 3.05) is 32.6 Å². The van der Waals surface area contributed by atoms with Crippen LogP contribution in [0.25, 0.3) is 10.9 Å². The molecule has 3 aromatic rings. The summed E-state index contributed by atoms with van der Waals surface area (Å²) in [7, 11) is 3.12. The molecule has 0 bridgehead atoms. The molecule has 0 aliphatic carbocycles. The lowest BCUT2D eigenvalue weighted by molar-refractivity contribution is -0.117. The maximum absolute atomic E-state index is 13.2. The van der Waals surface area contributed by atoms with E-state index in [1.165, 1.54) is 0 Å². The van der Waals surface area contributed by atoms with E-state index >= 15 is 0 Å². The van der Waals surface area contributed by atoms with Crippen LogP contribution < -0.4 is 20.2 Å². The number of benzene rings is 2. The zero-order valence-corrected chi connectivity index (χ0v) is 18.3. The number of carbonyl (C=O) groups excluding carboxylic acids is 1. The van der Waals surface area contributed by atoms with Crippen LogP contribution in [0.5, 0.6) is 11.5 Å². The first kappa shape index (κ1) is 20.9. The van der Waals surface area contributed by atoms with Gasteiger partial charge in [0.05, 0.1) is 26.3 Å². The van der Waals surface area contributed by atoms with Gasteiger partial charge in [0.25, 0.3) is 0 Å². The van der Waals surface area contributed by atoms with Crippen LogP contribution in [0.3, 0.4) is 0 Å². The number of aryl methyl sites for hydroxylation is 2.